The average molecular weight is 735 g/mol. The summed E-state index contributed by atoms with van der Waals surface area (Å²) in [6, 6.07) is 19.7. The van der Waals surface area contributed by atoms with E-state index < -0.39 is 23.5 Å². The number of ether oxygens (including phenoxy) is 2. The summed E-state index contributed by atoms with van der Waals surface area (Å²) in [7, 11) is 0. The van der Waals surface area contributed by atoms with Crippen LogP contribution in [0.15, 0.2) is 84.9 Å². The first-order chi connectivity index (χ1) is 24.7. The van der Waals surface area contributed by atoms with Crippen molar-refractivity contribution in [2.75, 3.05) is 26.2 Å². The molecule has 0 spiro atoms. The normalized spacial score (nSPS) is 21.0. The van der Waals surface area contributed by atoms with Crippen molar-refractivity contribution in [1.82, 2.24) is 10.6 Å². The van der Waals surface area contributed by atoms with E-state index >= 15 is 0 Å². The number of hydrogen-bond acceptors (Lipinski definition) is 4. The molecule has 2 N–H and O–H groups in total. The second-order valence-electron chi connectivity index (χ2n) is 13.3. The lowest BCUT2D eigenvalue weighted by Gasteiger charge is -2.33. The quantitative estimate of drug-likeness (QED) is 0.177. The zero-order valence-electron chi connectivity index (χ0n) is 28.9. The standard InChI is InChI=1S/2C20H21F4NO/c1-13-10-16(21)6-7-17(13)18-11-25-9-8-19(18)26-12-14-2-4-15(5-3-14)20(22,23)24;1-13-9-16(21)5-6-17(13)18-11-25-8-7-19(18)26-12-14-3-2-4-15(10-14)20(22,23)24/h2-7,10,18-19,25H,8-9,11-12H2,1H3;2-6,9-10,18-19,25H,7-8,11-12H2,1H3. The molecule has 2 aliphatic rings. The topological polar surface area (TPSA) is 42.5 Å². The molecule has 0 amide bonds. The van der Waals surface area contributed by atoms with E-state index in [2.05, 4.69) is 10.6 Å². The molecule has 0 aliphatic carbocycles. The van der Waals surface area contributed by atoms with E-state index in [0.29, 0.717) is 17.7 Å². The highest BCUT2D eigenvalue weighted by molar-refractivity contribution is 5.33. The molecule has 4 atom stereocenters. The van der Waals surface area contributed by atoms with E-state index in [0.717, 1.165) is 79.0 Å². The monoisotopic (exact) mass is 734 g/mol. The van der Waals surface area contributed by atoms with Gasteiger partial charge in [-0.05, 0) is 122 Å². The zero-order valence-corrected chi connectivity index (χ0v) is 28.9. The average Bonchev–Trinajstić information content (AvgIpc) is 3.10. The van der Waals surface area contributed by atoms with Crippen LogP contribution in [0.4, 0.5) is 35.1 Å². The van der Waals surface area contributed by atoms with Crippen molar-refractivity contribution < 1.29 is 44.6 Å². The highest BCUT2D eigenvalue weighted by atomic mass is 19.4. The van der Waals surface area contributed by atoms with Gasteiger partial charge in [0.25, 0.3) is 0 Å². The Labute approximate surface area is 298 Å². The van der Waals surface area contributed by atoms with Crippen LogP contribution in [0.2, 0.25) is 0 Å². The largest absolute Gasteiger partial charge is 0.416 e. The van der Waals surface area contributed by atoms with Crippen molar-refractivity contribution in [1.29, 1.82) is 0 Å². The molecule has 280 valence electrons. The second kappa shape index (κ2) is 17.3. The van der Waals surface area contributed by atoms with Crippen LogP contribution in [0.3, 0.4) is 0 Å². The fraction of sp³-hybridized carbons (Fsp3) is 0.400. The molecule has 2 saturated heterocycles. The van der Waals surface area contributed by atoms with E-state index in [1.54, 1.807) is 18.2 Å². The van der Waals surface area contributed by atoms with Crippen LogP contribution in [-0.2, 0) is 35.0 Å². The van der Waals surface area contributed by atoms with E-state index in [1.165, 1.54) is 42.5 Å². The summed E-state index contributed by atoms with van der Waals surface area (Å²) >= 11 is 0. The number of benzene rings is 4. The molecular formula is C40H42F8N2O2. The number of rotatable bonds is 8. The van der Waals surface area contributed by atoms with E-state index in [1.807, 2.05) is 13.8 Å². The van der Waals surface area contributed by atoms with Crippen molar-refractivity contribution in [3.63, 3.8) is 0 Å². The summed E-state index contributed by atoms with van der Waals surface area (Å²) in [4.78, 5) is 0. The van der Waals surface area contributed by atoms with Gasteiger partial charge >= 0.3 is 12.4 Å². The number of nitrogens with one attached hydrogen (secondary N) is 2. The first-order valence-corrected chi connectivity index (χ1v) is 17.2. The van der Waals surface area contributed by atoms with Crippen LogP contribution < -0.4 is 10.6 Å². The van der Waals surface area contributed by atoms with Crippen molar-refractivity contribution >= 4 is 0 Å². The van der Waals surface area contributed by atoms with Crippen LogP contribution in [-0.4, -0.2) is 38.4 Å². The van der Waals surface area contributed by atoms with Gasteiger partial charge in [-0.25, -0.2) is 8.78 Å². The van der Waals surface area contributed by atoms with Crippen molar-refractivity contribution in [3.8, 4) is 0 Å². The molecule has 0 aromatic heterocycles. The molecule has 2 heterocycles. The molecule has 0 saturated carbocycles. The fourth-order valence-electron chi connectivity index (χ4n) is 6.83. The molecule has 0 radical (unpaired) electrons. The summed E-state index contributed by atoms with van der Waals surface area (Å²) in [5.74, 6) is -0.428. The molecule has 12 heteroatoms. The first kappa shape index (κ1) is 39.4. The maximum atomic E-state index is 13.4. The Morgan fingerprint density at radius 1 is 0.577 bits per heavy atom. The number of halogens is 8. The van der Waals surface area contributed by atoms with Crippen molar-refractivity contribution in [3.05, 3.63) is 141 Å². The Hall–Kier alpha value is -3.84. The second-order valence-corrected chi connectivity index (χ2v) is 13.3. The van der Waals surface area contributed by atoms with Gasteiger partial charge in [-0.15, -0.1) is 0 Å². The Balaban J connectivity index is 0.000000201. The van der Waals surface area contributed by atoms with Crippen LogP contribution >= 0.6 is 0 Å². The molecule has 2 fully saturated rings. The molecule has 6 rings (SSSR count). The minimum Gasteiger partial charge on any atom is -0.373 e. The van der Waals surface area contributed by atoms with Gasteiger partial charge in [-0.3, -0.25) is 0 Å². The van der Waals surface area contributed by atoms with Gasteiger partial charge in [0.05, 0.1) is 36.5 Å². The molecule has 4 aromatic rings. The minimum atomic E-state index is -4.36. The Morgan fingerprint density at radius 3 is 1.52 bits per heavy atom. The summed E-state index contributed by atoms with van der Waals surface area (Å²) in [5.41, 5.74) is 3.63. The van der Waals surface area contributed by atoms with Crippen LogP contribution in [0, 0.1) is 25.5 Å². The van der Waals surface area contributed by atoms with Crippen LogP contribution in [0.5, 0.6) is 0 Å². The number of alkyl halides is 6. The third-order valence-electron chi connectivity index (χ3n) is 9.56. The Morgan fingerprint density at radius 2 is 1.06 bits per heavy atom. The summed E-state index contributed by atoms with van der Waals surface area (Å²) in [5, 5.41) is 6.64. The fourth-order valence-corrected chi connectivity index (χ4v) is 6.83. The van der Waals surface area contributed by atoms with E-state index in [9.17, 15) is 35.1 Å². The maximum Gasteiger partial charge on any atom is 0.416 e. The third-order valence-corrected chi connectivity index (χ3v) is 9.56. The predicted octanol–water partition coefficient (Wildman–Crippen LogP) is 9.63. The molecule has 4 nitrogen and oxygen atoms in total. The number of aryl methyl sites for hydroxylation is 2. The van der Waals surface area contributed by atoms with Crippen LogP contribution in [0.25, 0.3) is 0 Å². The van der Waals surface area contributed by atoms with Gasteiger partial charge in [0.2, 0.25) is 0 Å². The number of hydrogen-bond donors (Lipinski definition) is 2. The van der Waals surface area contributed by atoms with Crippen molar-refractivity contribution in [2.45, 2.75) is 76.3 Å². The summed E-state index contributed by atoms with van der Waals surface area (Å²) in [6.07, 6.45) is -7.35. The van der Waals surface area contributed by atoms with Crippen LogP contribution in [0.1, 0.15) is 69.2 Å². The van der Waals surface area contributed by atoms with Crippen molar-refractivity contribution in [2.24, 2.45) is 0 Å². The number of piperidine rings is 2. The molecule has 0 bridgehead atoms. The molecule has 2 aliphatic heterocycles. The smallest absolute Gasteiger partial charge is 0.373 e. The molecule has 4 unspecified atom stereocenters. The Kier molecular flexibility index (Phi) is 13.1. The minimum absolute atomic E-state index is 0.0372. The predicted molar refractivity (Wildman–Crippen MR) is 183 cm³/mol. The lowest BCUT2D eigenvalue weighted by atomic mass is 9.86. The third kappa shape index (κ3) is 10.6. The molecular weight excluding hydrogens is 692 g/mol. The molecule has 52 heavy (non-hydrogen) atoms. The highest BCUT2D eigenvalue weighted by Crippen LogP contribution is 2.33. The SMILES string of the molecule is Cc1cc(F)ccc1C1CNCCC1OCc1ccc(C(F)(F)F)cc1.Cc1cc(F)ccc1C1CNCCC1OCc1cccc(C(F)(F)F)c1. The maximum absolute atomic E-state index is 13.4. The zero-order chi connectivity index (χ0) is 37.5. The molecule has 4 aromatic carbocycles. The van der Waals surface area contributed by atoms with E-state index in [-0.39, 0.29) is 48.9 Å². The summed E-state index contributed by atoms with van der Waals surface area (Å²) in [6.45, 7) is 7.12. The van der Waals surface area contributed by atoms with Gasteiger partial charge in [0, 0.05) is 24.9 Å². The van der Waals surface area contributed by atoms with Gasteiger partial charge < -0.3 is 20.1 Å². The van der Waals surface area contributed by atoms with Gasteiger partial charge in [-0.1, -0.05) is 36.4 Å². The van der Waals surface area contributed by atoms with Gasteiger partial charge in [0.15, 0.2) is 0 Å². The Bertz CT molecular complexity index is 1760. The lowest BCUT2D eigenvalue weighted by molar-refractivity contribution is -0.138. The lowest BCUT2D eigenvalue weighted by Crippen LogP contribution is -2.40. The van der Waals surface area contributed by atoms with Gasteiger partial charge in [0.1, 0.15) is 11.6 Å². The van der Waals surface area contributed by atoms with Gasteiger partial charge in [-0.2, -0.15) is 26.3 Å². The van der Waals surface area contributed by atoms with E-state index in [4.69, 9.17) is 9.47 Å². The highest BCUT2D eigenvalue weighted by Gasteiger charge is 2.33. The summed E-state index contributed by atoms with van der Waals surface area (Å²) < 4.78 is 115. The first-order valence-electron chi connectivity index (χ1n) is 17.2.